The molecule has 36 heavy (non-hydrogen) atoms. The van der Waals surface area contributed by atoms with Crippen molar-refractivity contribution in [2.24, 2.45) is 11.8 Å². The molecule has 7 nitrogen and oxygen atoms in total. The fourth-order valence-corrected chi connectivity index (χ4v) is 4.97. The maximum atomic E-state index is 13.8. The zero-order valence-electron chi connectivity index (χ0n) is 18.4. The Morgan fingerprint density at radius 2 is 1.69 bits per heavy atom. The normalized spacial score (nSPS) is 17.6. The van der Waals surface area contributed by atoms with Crippen LogP contribution in [-0.2, 0) is 11.0 Å². The number of benzene rings is 2. The molecule has 1 aromatic heterocycles. The first kappa shape index (κ1) is 25.3. The maximum Gasteiger partial charge on any atom is 0.416 e. The lowest BCUT2D eigenvalue weighted by Gasteiger charge is -2.12. The van der Waals surface area contributed by atoms with E-state index in [2.05, 4.69) is 15.6 Å². The Morgan fingerprint density at radius 3 is 2.36 bits per heavy atom. The molecular weight excluding hydrogens is 502 g/mol. The van der Waals surface area contributed by atoms with Gasteiger partial charge in [-0.2, -0.15) is 13.2 Å². The van der Waals surface area contributed by atoms with Crippen LogP contribution >= 0.6 is 11.3 Å². The van der Waals surface area contributed by atoms with Crippen molar-refractivity contribution < 1.29 is 37.1 Å². The van der Waals surface area contributed by atoms with Gasteiger partial charge < -0.3 is 15.7 Å². The van der Waals surface area contributed by atoms with Gasteiger partial charge in [-0.3, -0.25) is 9.59 Å². The van der Waals surface area contributed by atoms with Crippen LogP contribution in [-0.4, -0.2) is 27.9 Å². The van der Waals surface area contributed by atoms with Crippen molar-refractivity contribution >= 4 is 40.5 Å². The molecule has 0 radical (unpaired) electrons. The number of rotatable bonds is 6. The van der Waals surface area contributed by atoms with E-state index < -0.39 is 47.1 Å². The van der Waals surface area contributed by atoms with Gasteiger partial charge in [-0.25, -0.2) is 14.2 Å². The molecule has 0 aliphatic heterocycles. The Morgan fingerprint density at radius 1 is 1.00 bits per heavy atom. The monoisotopic (exact) mass is 521 g/mol. The van der Waals surface area contributed by atoms with Crippen LogP contribution in [0, 0.1) is 17.7 Å². The predicted octanol–water partition coefficient (Wildman–Crippen LogP) is 6.30. The summed E-state index contributed by atoms with van der Waals surface area (Å²) in [5.41, 5.74) is -0.743. The number of ketones is 1. The average molecular weight is 521 g/mol. The van der Waals surface area contributed by atoms with Crippen molar-refractivity contribution in [3.8, 4) is 10.4 Å². The second-order valence-electron chi connectivity index (χ2n) is 8.22. The van der Waals surface area contributed by atoms with Gasteiger partial charge in [0.1, 0.15) is 5.82 Å². The topological polar surface area (TPSA) is 108 Å². The van der Waals surface area contributed by atoms with Crippen LogP contribution in [0.4, 0.5) is 33.7 Å². The number of thiazole rings is 1. The number of nitrogens with zero attached hydrogens (tertiary/aromatic N) is 1. The van der Waals surface area contributed by atoms with Crippen LogP contribution in [0.25, 0.3) is 10.4 Å². The molecule has 1 saturated carbocycles. The van der Waals surface area contributed by atoms with Crippen LogP contribution in [0.2, 0.25) is 0 Å². The highest BCUT2D eigenvalue weighted by molar-refractivity contribution is 7.17. The van der Waals surface area contributed by atoms with E-state index in [4.69, 9.17) is 0 Å². The summed E-state index contributed by atoms with van der Waals surface area (Å²) in [6.07, 6.45) is -1.53. The number of amides is 2. The number of nitrogens with one attached hydrogen (secondary N) is 2. The van der Waals surface area contributed by atoms with Crippen molar-refractivity contribution in [3.63, 3.8) is 0 Å². The summed E-state index contributed by atoms with van der Waals surface area (Å²) in [5, 5.41) is 14.0. The van der Waals surface area contributed by atoms with Crippen LogP contribution in [0.1, 0.15) is 34.6 Å². The number of carbonyl (C=O) groups is 3. The lowest BCUT2D eigenvalue weighted by molar-refractivity contribution is -0.142. The number of halogens is 4. The zero-order valence-corrected chi connectivity index (χ0v) is 19.3. The second-order valence-corrected chi connectivity index (χ2v) is 9.26. The first-order valence-corrected chi connectivity index (χ1v) is 11.6. The molecular formula is C24H19F4N3O4S. The number of carbonyl (C=O) groups excluding carboxylic acids is 2. The summed E-state index contributed by atoms with van der Waals surface area (Å²) in [6.45, 7) is 0. The molecule has 2 aromatic carbocycles. The highest BCUT2D eigenvalue weighted by atomic mass is 32.1. The third-order valence-corrected chi connectivity index (χ3v) is 6.92. The minimum Gasteiger partial charge on any atom is -0.481 e. The molecule has 1 aliphatic carbocycles. The van der Waals surface area contributed by atoms with Gasteiger partial charge in [0.15, 0.2) is 10.8 Å². The molecule has 2 unspecified atom stereocenters. The zero-order chi connectivity index (χ0) is 26.0. The average Bonchev–Trinajstić information content (AvgIpc) is 3.50. The lowest BCUT2D eigenvalue weighted by atomic mass is 9.92. The van der Waals surface area contributed by atoms with E-state index in [1.54, 1.807) is 12.1 Å². The van der Waals surface area contributed by atoms with Crippen LogP contribution in [0.15, 0.2) is 48.7 Å². The molecule has 4 rings (SSSR count). The molecule has 2 atom stereocenters. The molecule has 2 amide bonds. The number of alkyl halides is 3. The van der Waals surface area contributed by atoms with Crippen molar-refractivity contribution in [1.29, 1.82) is 0 Å². The van der Waals surface area contributed by atoms with Crippen LogP contribution in [0.5, 0.6) is 0 Å². The van der Waals surface area contributed by atoms with E-state index in [0.29, 0.717) is 53.6 Å². The molecule has 0 bridgehead atoms. The smallest absolute Gasteiger partial charge is 0.416 e. The summed E-state index contributed by atoms with van der Waals surface area (Å²) < 4.78 is 52.4. The summed E-state index contributed by atoms with van der Waals surface area (Å²) in [6, 6.07) is 7.09. The molecule has 3 aromatic rings. The summed E-state index contributed by atoms with van der Waals surface area (Å²) >= 11 is 1.13. The fraction of sp³-hybridized carbons (Fsp3) is 0.250. The summed E-state index contributed by atoms with van der Waals surface area (Å²) in [5.74, 6) is -3.58. The standard InChI is InChI=1S/C24H19F4N3O4S/c25-17-9-6-13(24(26,27)28)10-18(17)31-23(35)30-14-7-4-12(5-8-14)19-11-29-21(36-19)20(32)15-2-1-3-16(15)22(33)34/h4-11,15-16H,1-3H2,(H,33,34)(H2,30,31,35). The molecule has 1 fully saturated rings. The van der Waals surface area contributed by atoms with E-state index in [9.17, 15) is 37.1 Å². The molecule has 3 N–H and O–H groups in total. The van der Waals surface area contributed by atoms with Gasteiger partial charge in [0.05, 0.1) is 22.0 Å². The lowest BCUT2D eigenvalue weighted by Crippen LogP contribution is -2.25. The Labute approximate surface area is 206 Å². The Kier molecular flexibility index (Phi) is 7.07. The van der Waals surface area contributed by atoms with Gasteiger partial charge in [0, 0.05) is 17.8 Å². The van der Waals surface area contributed by atoms with E-state index in [1.807, 2.05) is 0 Å². The molecule has 1 aliphatic rings. The van der Waals surface area contributed by atoms with E-state index in [0.717, 1.165) is 11.3 Å². The fourth-order valence-electron chi connectivity index (χ4n) is 4.05. The van der Waals surface area contributed by atoms with Gasteiger partial charge in [-0.15, -0.1) is 11.3 Å². The van der Waals surface area contributed by atoms with Gasteiger partial charge in [0.2, 0.25) is 0 Å². The predicted molar refractivity (Wildman–Crippen MR) is 124 cm³/mol. The molecule has 12 heteroatoms. The van der Waals surface area contributed by atoms with Crippen molar-refractivity contribution in [1.82, 2.24) is 4.98 Å². The van der Waals surface area contributed by atoms with Crippen molar-refractivity contribution in [3.05, 3.63) is 65.0 Å². The van der Waals surface area contributed by atoms with E-state index in [-0.39, 0.29) is 10.8 Å². The van der Waals surface area contributed by atoms with Crippen molar-refractivity contribution in [2.45, 2.75) is 25.4 Å². The number of urea groups is 1. The number of anilines is 2. The third kappa shape index (κ3) is 5.54. The number of hydrogen-bond donors (Lipinski definition) is 3. The number of aliphatic carboxylic acids is 1. The number of carboxylic acid groups (broad SMARTS) is 1. The summed E-state index contributed by atoms with van der Waals surface area (Å²) in [7, 11) is 0. The first-order valence-electron chi connectivity index (χ1n) is 10.8. The highest BCUT2D eigenvalue weighted by Gasteiger charge is 2.39. The number of aromatic nitrogens is 1. The molecule has 1 heterocycles. The largest absolute Gasteiger partial charge is 0.481 e. The molecule has 0 saturated heterocycles. The maximum absolute atomic E-state index is 13.8. The number of carboxylic acids is 1. The molecule has 188 valence electrons. The Hall–Kier alpha value is -3.80. The van der Waals surface area contributed by atoms with Gasteiger partial charge in [-0.1, -0.05) is 18.6 Å². The second kappa shape index (κ2) is 10.1. The summed E-state index contributed by atoms with van der Waals surface area (Å²) in [4.78, 5) is 41.2. The van der Waals surface area contributed by atoms with E-state index >= 15 is 0 Å². The Balaban J connectivity index is 1.41. The quantitative estimate of drug-likeness (QED) is 0.261. The SMILES string of the molecule is O=C(Nc1ccc(-c2cnc(C(=O)C3CCCC3C(=O)O)s2)cc1)Nc1cc(C(F)(F)F)ccc1F. The van der Waals surface area contributed by atoms with Crippen LogP contribution < -0.4 is 10.6 Å². The molecule has 0 spiro atoms. The highest BCUT2D eigenvalue weighted by Crippen LogP contribution is 2.37. The van der Waals surface area contributed by atoms with Gasteiger partial charge in [0.25, 0.3) is 0 Å². The third-order valence-electron chi connectivity index (χ3n) is 5.86. The van der Waals surface area contributed by atoms with Crippen LogP contribution in [0.3, 0.4) is 0 Å². The van der Waals surface area contributed by atoms with E-state index in [1.165, 1.54) is 18.3 Å². The van der Waals surface area contributed by atoms with Crippen molar-refractivity contribution in [2.75, 3.05) is 10.6 Å². The Bertz CT molecular complexity index is 1310. The number of hydrogen-bond acceptors (Lipinski definition) is 5. The van der Waals surface area contributed by atoms with Gasteiger partial charge >= 0.3 is 18.2 Å². The number of Topliss-reactive ketones (excluding diaryl/α,β-unsaturated/α-hetero) is 1. The minimum atomic E-state index is -4.69. The first-order chi connectivity index (χ1) is 17.0. The van der Waals surface area contributed by atoms with Gasteiger partial charge in [-0.05, 0) is 48.7 Å². The minimum absolute atomic E-state index is 0.229.